The topological polar surface area (TPSA) is 61.2 Å². The largest absolute Gasteiger partial charge is 0.274 e. The summed E-state index contributed by atoms with van der Waals surface area (Å²) in [6.07, 6.45) is 5.05. The van der Waals surface area contributed by atoms with Gasteiger partial charge in [-0.05, 0) is 30.4 Å². The Morgan fingerprint density at radius 2 is 1.65 bits per heavy atom. The van der Waals surface area contributed by atoms with Crippen LogP contribution in [0.5, 0.6) is 0 Å². The maximum absolute atomic E-state index is 12.6. The van der Waals surface area contributed by atoms with Gasteiger partial charge in [0.1, 0.15) is 6.07 Å². The molecule has 0 N–H and O–H groups in total. The number of allylic oxidation sites excluding steroid dienone is 2. The molecule has 0 radical (unpaired) electrons. The number of hydrogen-bond donors (Lipinski definition) is 0. The highest BCUT2D eigenvalue weighted by Gasteiger charge is 2.59. The second-order valence-corrected chi connectivity index (χ2v) is 5.64. The lowest BCUT2D eigenvalue weighted by atomic mass is 9.85. The molecule has 2 bridgehead atoms. The Morgan fingerprint density at radius 3 is 2.25 bits per heavy atom. The zero-order valence-corrected chi connectivity index (χ0v) is 10.7. The van der Waals surface area contributed by atoms with Gasteiger partial charge in [-0.3, -0.25) is 9.59 Å². The molecule has 4 nitrogen and oxygen atoms in total. The second-order valence-electron chi connectivity index (χ2n) is 5.64. The number of benzene rings is 1. The van der Waals surface area contributed by atoms with Crippen molar-refractivity contribution in [3.05, 3.63) is 42.0 Å². The molecule has 4 heteroatoms. The highest BCUT2D eigenvalue weighted by Crippen LogP contribution is 2.53. The van der Waals surface area contributed by atoms with Gasteiger partial charge in [0.15, 0.2) is 0 Å². The van der Waals surface area contributed by atoms with Crippen LogP contribution in [-0.4, -0.2) is 11.8 Å². The van der Waals surface area contributed by atoms with E-state index in [1.165, 1.54) is 4.90 Å². The SMILES string of the molecule is N#Cc1ccccc1N1C(=O)[C@@H]2[C@H](C1=O)[C@@H]1C=C[C@@H]2C1. The molecule has 98 valence electrons. The smallest absolute Gasteiger partial charge is 0.238 e. The van der Waals surface area contributed by atoms with E-state index in [1.807, 2.05) is 0 Å². The predicted octanol–water partition coefficient (Wildman–Crippen LogP) is 1.87. The third kappa shape index (κ3) is 1.25. The van der Waals surface area contributed by atoms with Crippen LogP contribution in [0.1, 0.15) is 12.0 Å². The average molecular weight is 264 g/mol. The number of nitriles is 1. The van der Waals surface area contributed by atoms with Crippen molar-refractivity contribution in [1.29, 1.82) is 5.26 Å². The van der Waals surface area contributed by atoms with Gasteiger partial charge < -0.3 is 0 Å². The van der Waals surface area contributed by atoms with Crippen molar-refractivity contribution in [3.63, 3.8) is 0 Å². The molecule has 0 unspecified atom stereocenters. The molecule has 2 amide bonds. The van der Waals surface area contributed by atoms with E-state index in [9.17, 15) is 9.59 Å². The molecule has 1 aliphatic heterocycles. The first kappa shape index (κ1) is 11.4. The van der Waals surface area contributed by atoms with Gasteiger partial charge in [0, 0.05) is 0 Å². The van der Waals surface area contributed by atoms with Crippen LogP contribution in [0.15, 0.2) is 36.4 Å². The third-order valence-corrected chi connectivity index (χ3v) is 4.74. The van der Waals surface area contributed by atoms with Gasteiger partial charge in [0.05, 0.1) is 23.1 Å². The lowest BCUT2D eigenvalue weighted by Gasteiger charge is -2.18. The number of rotatable bonds is 1. The normalized spacial score (nSPS) is 33.6. The fraction of sp³-hybridized carbons (Fsp3) is 0.312. The second kappa shape index (κ2) is 3.80. The summed E-state index contributed by atoms with van der Waals surface area (Å²) in [6, 6.07) is 8.85. The average Bonchev–Trinajstić information content (AvgIpc) is 3.13. The molecule has 0 spiro atoms. The summed E-state index contributed by atoms with van der Waals surface area (Å²) in [7, 11) is 0. The standard InChI is InChI=1S/C16H12N2O2/c17-8-11-3-1-2-4-12(11)18-15(19)13-9-5-6-10(7-9)14(13)16(18)20/h1-6,9-10,13-14H,7H2/t9-,10-,13-,14+/m1/s1. The van der Waals surface area contributed by atoms with Gasteiger partial charge in [-0.25, -0.2) is 4.90 Å². The molecule has 4 atom stereocenters. The number of para-hydroxylation sites is 1. The molecule has 2 aliphatic carbocycles. The first-order valence-corrected chi connectivity index (χ1v) is 6.77. The van der Waals surface area contributed by atoms with Crippen LogP contribution in [0.3, 0.4) is 0 Å². The molecule has 1 saturated heterocycles. The van der Waals surface area contributed by atoms with Gasteiger partial charge in [0.25, 0.3) is 0 Å². The van der Waals surface area contributed by atoms with Crippen LogP contribution in [0.25, 0.3) is 0 Å². The number of amides is 2. The molecule has 20 heavy (non-hydrogen) atoms. The van der Waals surface area contributed by atoms with E-state index in [4.69, 9.17) is 5.26 Å². The minimum Gasteiger partial charge on any atom is -0.274 e. The molecule has 0 aromatic heterocycles. The Balaban J connectivity index is 1.81. The fourth-order valence-electron chi connectivity index (χ4n) is 3.90. The van der Waals surface area contributed by atoms with Crippen molar-refractivity contribution in [1.82, 2.24) is 0 Å². The Bertz CT molecular complexity index is 671. The molecule has 4 rings (SSSR count). The zero-order valence-electron chi connectivity index (χ0n) is 10.7. The number of fused-ring (bicyclic) bond motifs is 5. The van der Waals surface area contributed by atoms with Gasteiger partial charge in [-0.1, -0.05) is 24.3 Å². The number of imide groups is 1. The van der Waals surface area contributed by atoms with Gasteiger partial charge in [-0.15, -0.1) is 0 Å². The van der Waals surface area contributed by atoms with Gasteiger partial charge >= 0.3 is 0 Å². The summed E-state index contributed by atoms with van der Waals surface area (Å²) < 4.78 is 0. The van der Waals surface area contributed by atoms with Crippen LogP contribution >= 0.6 is 0 Å². The summed E-state index contributed by atoms with van der Waals surface area (Å²) in [4.78, 5) is 26.5. The molecule has 1 saturated carbocycles. The predicted molar refractivity (Wildman–Crippen MR) is 71.4 cm³/mol. The van der Waals surface area contributed by atoms with Crippen LogP contribution in [-0.2, 0) is 9.59 Å². The first-order valence-electron chi connectivity index (χ1n) is 6.77. The van der Waals surface area contributed by atoms with Crippen LogP contribution < -0.4 is 4.90 Å². The van der Waals surface area contributed by atoms with Crippen molar-refractivity contribution in [2.24, 2.45) is 23.7 Å². The lowest BCUT2D eigenvalue weighted by molar-refractivity contribution is -0.123. The molecular weight excluding hydrogens is 252 g/mol. The van der Waals surface area contributed by atoms with Crippen molar-refractivity contribution in [2.75, 3.05) is 4.90 Å². The van der Waals surface area contributed by atoms with E-state index in [2.05, 4.69) is 18.2 Å². The molecule has 1 aromatic rings. The van der Waals surface area contributed by atoms with Crippen LogP contribution in [0.2, 0.25) is 0 Å². The quantitative estimate of drug-likeness (QED) is 0.574. The monoisotopic (exact) mass is 264 g/mol. The maximum Gasteiger partial charge on any atom is 0.238 e. The molecule has 3 aliphatic rings. The fourth-order valence-corrected chi connectivity index (χ4v) is 3.90. The highest BCUT2D eigenvalue weighted by molar-refractivity contribution is 6.23. The Hall–Kier alpha value is -2.41. The first-order chi connectivity index (χ1) is 9.72. The molecule has 1 heterocycles. The van der Waals surface area contributed by atoms with Crippen molar-refractivity contribution < 1.29 is 9.59 Å². The summed E-state index contributed by atoms with van der Waals surface area (Å²) in [6.45, 7) is 0. The van der Waals surface area contributed by atoms with Crippen molar-refractivity contribution in [2.45, 2.75) is 6.42 Å². The van der Waals surface area contributed by atoms with Gasteiger partial charge in [0.2, 0.25) is 11.8 Å². The number of hydrogen-bond acceptors (Lipinski definition) is 3. The zero-order chi connectivity index (χ0) is 13.9. The Labute approximate surface area is 116 Å². The minimum atomic E-state index is -0.218. The Kier molecular flexibility index (Phi) is 2.17. The molecular formula is C16H12N2O2. The summed E-state index contributed by atoms with van der Waals surface area (Å²) >= 11 is 0. The van der Waals surface area contributed by atoms with Crippen LogP contribution in [0.4, 0.5) is 5.69 Å². The number of carbonyl (C=O) groups is 2. The van der Waals surface area contributed by atoms with Crippen molar-refractivity contribution >= 4 is 17.5 Å². The van der Waals surface area contributed by atoms with E-state index >= 15 is 0 Å². The van der Waals surface area contributed by atoms with Crippen LogP contribution in [0, 0.1) is 35.0 Å². The minimum absolute atomic E-state index is 0.139. The Morgan fingerprint density at radius 1 is 1.05 bits per heavy atom. The van der Waals surface area contributed by atoms with Crippen molar-refractivity contribution in [3.8, 4) is 6.07 Å². The highest BCUT2D eigenvalue weighted by atomic mass is 16.2. The summed E-state index contributed by atoms with van der Waals surface area (Å²) in [5, 5.41) is 9.16. The van der Waals surface area contributed by atoms with E-state index in [0.717, 1.165) is 6.42 Å². The lowest BCUT2D eigenvalue weighted by Crippen LogP contribution is -2.33. The van der Waals surface area contributed by atoms with E-state index in [0.29, 0.717) is 11.3 Å². The van der Waals surface area contributed by atoms with E-state index in [1.54, 1.807) is 24.3 Å². The van der Waals surface area contributed by atoms with E-state index < -0.39 is 0 Å². The summed E-state index contributed by atoms with van der Waals surface area (Å²) in [5.74, 6) is -0.325. The molecule has 1 aromatic carbocycles. The number of nitrogens with zero attached hydrogens (tertiary/aromatic N) is 2. The van der Waals surface area contributed by atoms with E-state index in [-0.39, 0.29) is 35.5 Å². The molecule has 2 fully saturated rings. The number of carbonyl (C=O) groups excluding carboxylic acids is 2. The maximum atomic E-state index is 12.6. The third-order valence-electron chi connectivity index (χ3n) is 4.74. The number of anilines is 1. The van der Waals surface area contributed by atoms with Gasteiger partial charge in [-0.2, -0.15) is 5.26 Å². The summed E-state index contributed by atoms with van der Waals surface area (Å²) in [5.41, 5.74) is 0.799.